The predicted molar refractivity (Wildman–Crippen MR) is 106 cm³/mol. The maximum absolute atomic E-state index is 11.0. The highest BCUT2D eigenvalue weighted by Crippen LogP contribution is 2.26. The molecule has 2 aromatic rings. The van der Waals surface area contributed by atoms with E-state index >= 15 is 0 Å². The van der Waals surface area contributed by atoms with Crippen LogP contribution in [0.15, 0.2) is 46.2 Å². The van der Waals surface area contributed by atoms with Crippen molar-refractivity contribution >= 4 is 85.5 Å². The molecule has 0 atom stereocenters. The molecule has 0 saturated heterocycles. The van der Waals surface area contributed by atoms with Crippen molar-refractivity contribution in [1.29, 1.82) is 0 Å². The molecule has 28 heavy (non-hydrogen) atoms. The molecule has 0 aromatic heterocycles. The summed E-state index contributed by atoms with van der Waals surface area (Å²) in [5.74, 6) is -1.25. The second kappa shape index (κ2) is 9.62. The molecule has 0 bridgehead atoms. The normalized spacial score (nSPS) is 11.3. The van der Waals surface area contributed by atoms with E-state index in [1.54, 1.807) is 0 Å². The van der Waals surface area contributed by atoms with Crippen molar-refractivity contribution in [3.05, 3.63) is 57.6 Å². The third kappa shape index (κ3) is 7.07. The van der Waals surface area contributed by atoms with Crippen LogP contribution in [0.3, 0.4) is 0 Å². The van der Waals surface area contributed by atoms with Crippen molar-refractivity contribution in [2.45, 2.75) is 9.79 Å². The summed E-state index contributed by atoms with van der Waals surface area (Å²) >= 11 is 16.3. The molecule has 14 heteroatoms. The molecule has 2 aromatic carbocycles. The molecule has 0 radical (unpaired) electrons. The zero-order valence-corrected chi connectivity index (χ0v) is 18.5. The minimum atomic E-state index is -4.01. The lowest BCUT2D eigenvalue weighted by Gasteiger charge is -2.00. The highest BCUT2D eigenvalue weighted by atomic mass is 35.7. The van der Waals surface area contributed by atoms with Gasteiger partial charge in [-0.05, 0) is 48.0 Å². The molecule has 1 N–H and O–H groups in total. The number of aromatic carboxylic acids is 1. The van der Waals surface area contributed by atoms with Gasteiger partial charge in [0.25, 0.3) is 23.3 Å². The summed E-state index contributed by atoms with van der Waals surface area (Å²) in [6, 6.07) is 6.85. The second-order valence-corrected chi connectivity index (χ2v) is 11.0. The van der Waals surface area contributed by atoms with Crippen molar-refractivity contribution in [3.8, 4) is 0 Å². The third-order valence-electron chi connectivity index (χ3n) is 2.86. The molecule has 7 nitrogen and oxygen atoms in total. The summed E-state index contributed by atoms with van der Waals surface area (Å²) in [6.45, 7) is 0. The molecule has 0 unspecified atom stereocenters. The van der Waals surface area contributed by atoms with Crippen LogP contribution in [0.5, 0.6) is 0 Å². The maximum Gasteiger partial charge on any atom is 0.335 e. The summed E-state index contributed by atoms with van der Waals surface area (Å²) < 4.78 is 43.7. The molecule has 152 valence electrons. The van der Waals surface area contributed by atoms with Gasteiger partial charge in [0.15, 0.2) is 0 Å². The Morgan fingerprint density at radius 1 is 0.750 bits per heavy atom. The molecule has 0 heterocycles. The molecule has 0 aliphatic heterocycles. The first-order valence-electron chi connectivity index (χ1n) is 6.56. The second-order valence-electron chi connectivity index (χ2n) is 4.74. The van der Waals surface area contributed by atoms with Crippen LogP contribution in [0.1, 0.15) is 20.7 Å². The van der Waals surface area contributed by atoms with Gasteiger partial charge in [0, 0.05) is 26.9 Å². The van der Waals surface area contributed by atoms with Gasteiger partial charge in [-0.25, -0.2) is 21.6 Å². The predicted octanol–water partition coefficient (Wildman–Crippen LogP) is 4.61. The molecule has 0 saturated carbocycles. The standard InChI is InChI=1S/C7H3Cl3O3S.C7H4Cl2O4S/c8-5-2-1-4(7(9)11)3-6(5)14(10,12)13;8-5-2-1-4(7(10)11)3-6(5)14(9,12)13/h1-3H;1-3H,(H,10,11). The minimum absolute atomic E-state index is 0.0234. The number of hydrogen-bond donors (Lipinski definition) is 1. The zero-order chi connectivity index (χ0) is 21.9. The van der Waals surface area contributed by atoms with E-state index in [2.05, 4.69) is 0 Å². The summed E-state index contributed by atoms with van der Waals surface area (Å²) in [6.07, 6.45) is 0. The summed E-state index contributed by atoms with van der Waals surface area (Å²) in [5.41, 5.74) is -0.163. The fourth-order valence-corrected chi connectivity index (χ4v) is 4.74. The average Bonchev–Trinajstić information content (AvgIpc) is 2.53. The van der Waals surface area contributed by atoms with Crippen LogP contribution in [-0.4, -0.2) is 33.2 Å². The van der Waals surface area contributed by atoms with E-state index in [1.807, 2.05) is 0 Å². The topological polar surface area (TPSA) is 123 Å². The van der Waals surface area contributed by atoms with E-state index in [4.69, 9.17) is 61.3 Å². The van der Waals surface area contributed by atoms with Gasteiger partial charge in [-0.1, -0.05) is 23.2 Å². The van der Waals surface area contributed by atoms with E-state index in [0.717, 1.165) is 12.1 Å². The molecule has 2 rings (SSSR count). The number of carbonyl (C=O) groups is 2. The van der Waals surface area contributed by atoms with E-state index in [1.165, 1.54) is 24.3 Å². The Morgan fingerprint density at radius 3 is 1.43 bits per heavy atom. The molecule has 0 amide bonds. The van der Waals surface area contributed by atoms with Crippen molar-refractivity contribution in [1.82, 2.24) is 0 Å². The smallest absolute Gasteiger partial charge is 0.335 e. The van der Waals surface area contributed by atoms with Crippen LogP contribution in [-0.2, 0) is 18.1 Å². The van der Waals surface area contributed by atoms with Gasteiger partial charge in [-0.15, -0.1) is 0 Å². The van der Waals surface area contributed by atoms with Crippen LogP contribution in [0.4, 0.5) is 0 Å². The van der Waals surface area contributed by atoms with Gasteiger partial charge in [-0.3, -0.25) is 4.79 Å². The van der Waals surface area contributed by atoms with Crippen molar-refractivity contribution in [3.63, 3.8) is 0 Å². The van der Waals surface area contributed by atoms with Crippen molar-refractivity contribution < 1.29 is 31.5 Å². The van der Waals surface area contributed by atoms with E-state index in [0.29, 0.717) is 0 Å². The van der Waals surface area contributed by atoms with Crippen LogP contribution in [0.2, 0.25) is 10.0 Å². The monoisotopic (exact) mass is 526 g/mol. The van der Waals surface area contributed by atoms with Crippen molar-refractivity contribution in [2.24, 2.45) is 0 Å². The molecule has 0 spiro atoms. The van der Waals surface area contributed by atoms with Crippen molar-refractivity contribution in [2.75, 3.05) is 0 Å². The number of hydrogen-bond acceptors (Lipinski definition) is 6. The summed E-state index contributed by atoms with van der Waals surface area (Å²) in [7, 11) is 2.14. The lowest BCUT2D eigenvalue weighted by atomic mass is 10.2. The molecular formula is C14H7Cl5O7S2. The molecular weight excluding hydrogens is 522 g/mol. The summed E-state index contributed by atoms with van der Waals surface area (Å²) in [4.78, 5) is 20.5. The fourth-order valence-electron chi connectivity index (χ4n) is 1.64. The number of carboxylic acid groups (broad SMARTS) is 1. The van der Waals surface area contributed by atoms with Gasteiger partial charge in [0.2, 0.25) is 0 Å². The van der Waals surface area contributed by atoms with Gasteiger partial charge in [0.05, 0.1) is 15.6 Å². The van der Waals surface area contributed by atoms with Gasteiger partial charge >= 0.3 is 5.97 Å². The number of halogens is 5. The Morgan fingerprint density at radius 2 is 1.11 bits per heavy atom. The first-order valence-corrected chi connectivity index (χ1v) is 12.3. The van der Waals surface area contributed by atoms with Crippen LogP contribution < -0.4 is 0 Å². The first kappa shape index (κ1) is 25.0. The highest BCUT2D eigenvalue weighted by molar-refractivity contribution is 8.14. The van der Waals surface area contributed by atoms with E-state index < -0.39 is 34.2 Å². The van der Waals surface area contributed by atoms with Gasteiger partial charge in [0.1, 0.15) is 9.79 Å². The van der Waals surface area contributed by atoms with E-state index in [-0.39, 0.29) is 26.1 Å². The Labute approximate surface area is 183 Å². The Kier molecular flexibility index (Phi) is 8.58. The Hall–Kier alpha value is -1.07. The summed E-state index contributed by atoms with van der Waals surface area (Å²) in [5, 5.41) is 7.65. The maximum atomic E-state index is 11.0. The van der Waals surface area contributed by atoms with Crippen LogP contribution in [0, 0.1) is 0 Å². The third-order valence-corrected chi connectivity index (χ3v) is 6.69. The SMILES string of the molecule is O=C(Cl)c1ccc(Cl)c(S(=O)(=O)Cl)c1.O=C(O)c1ccc(Cl)c(S(=O)(=O)Cl)c1. The minimum Gasteiger partial charge on any atom is -0.478 e. The molecule has 0 aliphatic carbocycles. The van der Waals surface area contributed by atoms with Gasteiger partial charge < -0.3 is 5.11 Å². The number of rotatable bonds is 4. The highest BCUT2D eigenvalue weighted by Gasteiger charge is 2.18. The number of benzene rings is 2. The fraction of sp³-hybridized carbons (Fsp3) is 0. The van der Waals surface area contributed by atoms with E-state index in [9.17, 15) is 26.4 Å². The zero-order valence-electron chi connectivity index (χ0n) is 13.1. The first-order chi connectivity index (χ1) is 12.6. The van der Waals surface area contributed by atoms with Gasteiger partial charge in [-0.2, -0.15) is 0 Å². The Balaban J connectivity index is 0.000000280. The van der Waals surface area contributed by atoms with Crippen LogP contribution >= 0.6 is 56.2 Å². The number of carbonyl (C=O) groups excluding carboxylic acids is 1. The quantitative estimate of drug-likeness (QED) is 0.575. The number of carboxylic acids is 1. The average molecular weight is 529 g/mol. The van der Waals surface area contributed by atoms with Crippen LogP contribution in [0.25, 0.3) is 0 Å². The lowest BCUT2D eigenvalue weighted by molar-refractivity contribution is 0.0696. The molecule has 0 aliphatic rings. The lowest BCUT2D eigenvalue weighted by Crippen LogP contribution is -1.99. The largest absolute Gasteiger partial charge is 0.478 e. The Bertz CT molecular complexity index is 1050. The molecule has 0 fully saturated rings.